The molecule has 0 aromatic heterocycles. The third-order valence-electron chi connectivity index (χ3n) is 2.35. The van der Waals surface area contributed by atoms with Crippen LogP contribution >= 0.6 is 0 Å². The van der Waals surface area contributed by atoms with Gasteiger partial charge in [-0.05, 0) is 18.8 Å². The zero-order chi connectivity index (χ0) is 9.84. The van der Waals surface area contributed by atoms with Gasteiger partial charge in [0.05, 0.1) is 0 Å². The van der Waals surface area contributed by atoms with Crippen LogP contribution < -0.4 is 11.5 Å². The molecule has 74 valence electrons. The molecule has 0 atom stereocenters. The molecule has 1 fully saturated rings. The van der Waals surface area contributed by atoms with Gasteiger partial charge in [-0.15, -0.1) is 0 Å². The Morgan fingerprint density at radius 2 is 2.15 bits per heavy atom. The Kier molecular flexibility index (Phi) is 3.11. The van der Waals surface area contributed by atoms with Gasteiger partial charge in [0.1, 0.15) is 0 Å². The molecule has 1 aliphatic carbocycles. The van der Waals surface area contributed by atoms with E-state index in [-0.39, 0.29) is 11.9 Å². The Morgan fingerprint density at radius 1 is 1.54 bits per heavy atom. The lowest BCUT2D eigenvalue weighted by Gasteiger charge is -2.30. The summed E-state index contributed by atoms with van der Waals surface area (Å²) in [6.45, 7) is 0.885. The smallest absolute Gasteiger partial charge is 0.220 e. The van der Waals surface area contributed by atoms with Crippen molar-refractivity contribution < 1.29 is 0 Å². The summed E-state index contributed by atoms with van der Waals surface area (Å²) in [7, 11) is 1.84. The zero-order valence-corrected chi connectivity index (χ0v) is 7.95. The third-order valence-corrected chi connectivity index (χ3v) is 2.35. The van der Waals surface area contributed by atoms with Crippen molar-refractivity contribution in [3.63, 3.8) is 0 Å². The lowest BCUT2D eigenvalue weighted by Crippen LogP contribution is -2.35. The fraction of sp³-hybridized carbons (Fsp3) is 0.750. The van der Waals surface area contributed by atoms with E-state index in [0.29, 0.717) is 0 Å². The van der Waals surface area contributed by atoms with Crippen LogP contribution in [0.1, 0.15) is 19.3 Å². The SMILES string of the molecule is CN(CC1CCC1)C(=N)N=C(N)N. The molecular weight excluding hydrogens is 166 g/mol. The highest BCUT2D eigenvalue weighted by Gasteiger charge is 2.19. The zero-order valence-electron chi connectivity index (χ0n) is 7.95. The number of hydrogen-bond donors (Lipinski definition) is 3. The van der Waals surface area contributed by atoms with E-state index in [1.807, 2.05) is 7.05 Å². The summed E-state index contributed by atoms with van der Waals surface area (Å²) >= 11 is 0. The molecule has 5 heteroatoms. The van der Waals surface area contributed by atoms with Crippen LogP contribution in [0.15, 0.2) is 4.99 Å². The molecule has 0 aromatic carbocycles. The van der Waals surface area contributed by atoms with Crippen molar-refractivity contribution in [3.05, 3.63) is 0 Å². The second-order valence-corrected chi connectivity index (χ2v) is 3.54. The standard InChI is InChI=1S/C8H17N5/c1-13(5-6-3-2-4-6)8(11)12-7(9)10/h6H,2-5H2,1H3,(H5,9,10,11,12). The van der Waals surface area contributed by atoms with Crippen molar-refractivity contribution in [1.29, 1.82) is 5.41 Å². The van der Waals surface area contributed by atoms with Gasteiger partial charge in [-0.1, -0.05) is 6.42 Å². The highest BCUT2D eigenvalue weighted by molar-refractivity contribution is 5.91. The van der Waals surface area contributed by atoms with E-state index in [1.54, 1.807) is 4.90 Å². The number of nitrogens with two attached hydrogens (primary N) is 2. The number of nitrogens with zero attached hydrogens (tertiary/aromatic N) is 2. The minimum Gasteiger partial charge on any atom is -0.370 e. The fourth-order valence-corrected chi connectivity index (χ4v) is 1.36. The van der Waals surface area contributed by atoms with Crippen LogP contribution in [0.5, 0.6) is 0 Å². The van der Waals surface area contributed by atoms with Crippen LogP contribution in [0.3, 0.4) is 0 Å². The number of guanidine groups is 2. The average molecular weight is 183 g/mol. The van der Waals surface area contributed by atoms with Gasteiger partial charge in [0.25, 0.3) is 0 Å². The summed E-state index contributed by atoms with van der Waals surface area (Å²) in [4.78, 5) is 5.45. The minimum atomic E-state index is -0.0505. The minimum absolute atomic E-state index is 0.0505. The van der Waals surface area contributed by atoms with E-state index in [2.05, 4.69) is 4.99 Å². The molecule has 0 amide bonds. The molecule has 1 aliphatic rings. The summed E-state index contributed by atoms with van der Waals surface area (Å²) in [5, 5.41) is 7.50. The van der Waals surface area contributed by atoms with Crippen molar-refractivity contribution in [2.75, 3.05) is 13.6 Å². The Balaban J connectivity index is 2.33. The molecule has 0 aliphatic heterocycles. The van der Waals surface area contributed by atoms with E-state index < -0.39 is 0 Å². The predicted molar refractivity (Wildman–Crippen MR) is 53.5 cm³/mol. The number of nitrogens with one attached hydrogen (secondary N) is 1. The second-order valence-electron chi connectivity index (χ2n) is 3.54. The molecule has 0 heterocycles. The van der Waals surface area contributed by atoms with E-state index >= 15 is 0 Å². The maximum Gasteiger partial charge on any atom is 0.220 e. The van der Waals surface area contributed by atoms with Crippen molar-refractivity contribution >= 4 is 11.9 Å². The third kappa shape index (κ3) is 2.93. The van der Waals surface area contributed by atoms with E-state index in [1.165, 1.54) is 19.3 Å². The Bertz CT molecular complexity index is 215. The second kappa shape index (κ2) is 4.11. The van der Waals surface area contributed by atoms with E-state index in [9.17, 15) is 0 Å². The van der Waals surface area contributed by atoms with Gasteiger partial charge in [-0.25, -0.2) is 0 Å². The molecule has 13 heavy (non-hydrogen) atoms. The first kappa shape index (κ1) is 9.83. The van der Waals surface area contributed by atoms with E-state index in [4.69, 9.17) is 16.9 Å². The van der Waals surface area contributed by atoms with Crippen LogP contribution in [0, 0.1) is 11.3 Å². The summed E-state index contributed by atoms with van der Waals surface area (Å²) < 4.78 is 0. The fourth-order valence-electron chi connectivity index (χ4n) is 1.36. The Morgan fingerprint density at radius 3 is 2.54 bits per heavy atom. The largest absolute Gasteiger partial charge is 0.370 e. The molecule has 0 bridgehead atoms. The molecule has 5 nitrogen and oxygen atoms in total. The first-order valence-electron chi connectivity index (χ1n) is 4.49. The molecule has 1 rings (SSSR count). The maximum absolute atomic E-state index is 7.50. The molecule has 5 N–H and O–H groups in total. The summed E-state index contributed by atoms with van der Waals surface area (Å²) in [5.74, 6) is 0.817. The lowest BCUT2D eigenvalue weighted by atomic mass is 9.85. The summed E-state index contributed by atoms with van der Waals surface area (Å²) in [6.07, 6.45) is 3.84. The number of rotatable bonds is 2. The van der Waals surface area contributed by atoms with Gasteiger partial charge in [-0.2, -0.15) is 4.99 Å². The molecule has 0 saturated heterocycles. The van der Waals surface area contributed by atoms with Crippen molar-refractivity contribution in [3.8, 4) is 0 Å². The van der Waals surface area contributed by atoms with Crippen LogP contribution in [0.4, 0.5) is 0 Å². The first-order valence-corrected chi connectivity index (χ1v) is 4.49. The lowest BCUT2D eigenvalue weighted by molar-refractivity contribution is 0.257. The van der Waals surface area contributed by atoms with Crippen LogP contribution in [-0.4, -0.2) is 30.4 Å². The first-order chi connectivity index (χ1) is 6.09. The number of hydrogen-bond acceptors (Lipinski definition) is 1. The van der Waals surface area contributed by atoms with Gasteiger partial charge in [0.15, 0.2) is 5.96 Å². The van der Waals surface area contributed by atoms with Crippen molar-refractivity contribution in [2.45, 2.75) is 19.3 Å². The number of aliphatic imine (C=N–C) groups is 1. The molecular formula is C8H17N5. The van der Waals surface area contributed by atoms with Gasteiger partial charge >= 0.3 is 0 Å². The van der Waals surface area contributed by atoms with Gasteiger partial charge in [0, 0.05) is 13.6 Å². The molecule has 0 aromatic rings. The Labute approximate surface area is 78.3 Å². The Hall–Kier alpha value is -1.26. The van der Waals surface area contributed by atoms with Crippen molar-refractivity contribution in [1.82, 2.24) is 4.90 Å². The molecule has 0 radical (unpaired) electrons. The quantitative estimate of drug-likeness (QED) is 0.413. The topological polar surface area (TPSA) is 91.5 Å². The van der Waals surface area contributed by atoms with Gasteiger partial charge in [-0.3, -0.25) is 5.41 Å². The average Bonchev–Trinajstić information content (AvgIpc) is 1.94. The summed E-state index contributed by atoms with van der Waals surface area (Å²) in [5.41, 5.74) is 10.3. The van der Waals surface area contributed by atoms with Crippen LogP contribution in [0.2, 0.25) is 0 Å². The van der Waals surface area contributed by atoms with Crippen LogP contribution in [-0.2, 0) is 0 Å². The molecule has 0 unspecified atom stereocenters. The monoisotopic (exact) mass is 183 g/mol. The molecule has 0 spiro atoms. The van der Waals surface area contributed by atoms with E-state index in [0.717, 1.165) is 12.5 Å². The molecule has 1 saturated carbocycles. The normalized spacial score (nSPS) is 16.1. The maximum atomic E-state index is 7.50. The summed E-state index contributed by atoms with van der Waals surface area (Å²) in [6, 6.07) is 0. The van der Waals surface area contributed by atoms with Crippen LogP contribution in [0.25, 0.3) is 0 Å². The highest BCUT2D eigenvalue weighted by Crippen LogP contribution is 2.26. The predicted octanol–water partition coefficient (Wildman–Crippen LogP) is -0.0735. The van der Waals surface area contributed by atoms with Gasteiger partial charge < -0.3 is 16.4 Å². The van der Waals surface area contributed by atoms with Crippen molar-refractivity contribution in [2.24, 2.45) is 22.4 Å². The highest BCUT2D eigenvalue weighted by atomic mass is 15.2. The van der Waals surface area contributed by atoms with Gasteiger partial charge in [0.2, 0.25) is 5.96 Å².